The zero-order chi connectivity index (χ0) is 23.4. The Kier molecular flexibility index (Phi) is 5.08. The van der Waals surface area contributed by atoms with Gasteiger partial charge in [-0.1, -0.05) is 6.07 Å². The van der Waals surface area contributed by atoms with E-state index >= 15 is 0 Å². The van der Waals surface area contributed by atoms with Crippen molar-refractivity contribution in [1.29, 1.82) is 0 Å². The summed E-state index contributed by atoms with van der Waals surface area (Å²) in [6.45, 7) is 3.84. The highest BCUT2D eigenvalue weighted by Gasteiger charge is 2.40. The Hall–Kier alpha value is -3.36. The topological polar surface area (TPSA) is 75.8 Å². The number of imidazole rings is 1. The van der Waals surface area contributed by atoms with Crippen LogP contribution in [-0.2, 0) is 4.74 Å². The molecule has 4 aromatic rings. The Balaban J connectivity index is 1.17. The van der Waals surface area contributed by atoms with E-state index in [2.05, 4.69) is 20.1 Å². The number of benzene rings is 1. The molecule has 1 aliphatic heterocycles. The molecule has 1 saturated carbocycles. The highest BCUT2D eigenvalue weighted by Crippen LogP contribution is 2.37. The zero-order valence-electron chi connectivity index (χ0n) is 19.1. The molecule has 3 aromatic heterocycles. The lowest BCUT2D eigenvalue weighted by Gasteiger charge is -2.49. The average molecular weight is 460 g/mol. The summed E-state index contributed by atoms with van der Waals surface area (Å²) in [7, 11) is 1.78. The molecule has 1 aromatic carbocycles. The summed E-state index contributed by atoms with van der Waals surface area (Å²) in [5.74, 6) is 0.0751. The lowest BCUT2D eigenvalue weighted by Crippen LogP contribution is -2.56. The van der Waals surface area contributed by atoms with Gasteiger partial charge in [-0.3, -0.25) is 4.90 Å². The van der Waals surface area contributed by atoms with Crippen LogP contribution in [0, 0.1) is 12.7 Å². The normalized spacial score (nSPS) is 20.9. The van der Waals surface area contributed by atoms with E-state index in [-0.39, 0.29) is 5.75 Å². The molecule has 4 heterocycles. The van der Waals surface area contributed by atoms with Gasteiger partial charge in [0.1, 0.15) is 5.75 Å². The Bertz CT molecular complexity index is 1360. The molecular weight excluding hydrogens is 433 g/mol. The molecule has 6 rings (SSSR count). The average Bonchev–Trinajstić information content (AvgIpc) is 3.15. The van der Waals surface area contributed by atoms with Gasteiger partial charge >= 0.3 is 0 Å². The van der Waals surface area contributed by atoms with E-state index in [1.807, 2.05) is 31.3 Å². The molecule has 1 N–H and O–H groups in total. The summed E-state index contributed by atoms with van der Waals surface area (Å²) >= 11 is 0. The van der Waals surface area contributed by atoms with Gasteiger partial charge in [-0.15, -0.1) is 0 Å². The van der Waals surface area contributed by atoms with Crippen molar-refractivity contribution < 1.29 is 14.2 Å². The number of aryl methyl sites for hydroxylation is 1. The third-order valence-corrected chi connectivity index (χ3v) is 7.17. The second kappa shape index (κ2) is 8.14. The molecule has 0 bridgehead atoms. The van der Waals surface area contributed by atoms with Crippen LogP contribution in [0.5, 0.6) is 5.75 Å². The van der Waals surface area contributed by atoms with Crippen LogP contribution in [-0.4, -0.2) is 61.9 Å². The second-order valence-electron chi connectivity index (χ2n) is 9.40. The van der Waals surface area contributed by atoms with E-state index in [1.165, 1.54) is 6.07 Å². The quantitative estimate of drug-likeness (QED) is 0.482. The van der Waals surface area contributed by atoms with Crippen LogP contribution in [0.4, 0.5) is 4.39 Å². The van der Waals surface area contributed by atoms with Crippen LogP contribution in [0.15, 0.2) is 48.8 Å². The van der Waals surface area contributed by atoms with Crippen molar-refractivity contribution in [3.63, 3.8) is 0 Å². The van der Waals surface area contributed by atoms with Gasteiger partial charge < -0.3 is 14.2 Å². The van der Waals surface area contributed by atoms with Gasteiger partial charge in [0.05, 0.1) is 23.2 Å². The number of phenolic OH excluding ortho intramolecular Hbond substituents is 1. The van der Waals surface area contributed by atoms with E-state index in [0.717, 1.165) is 37.3 Å². The number of ether oxygens (including phenoxy) is 1. The molecule has 0 spiro atoms. The van der Waals surface area contributed by atoms with E-state index in [0.29, 0.717) is 46.1 Å². The molecule has 0 amide bonds. The molecule has 1 saturated heterocycles. The monoisotopic (exact) mass is 459 g/mol. The number of nitrogens with zero attached hydrogens (tertiary/aromatic N) is 5. The first-order valence-corrected chi connectivity index (χ1v) is 11.6. The molecular formula is C26H26FN5O2. The van der Waals surface area contributed by atoms with Crippen LogP contribution >= 0.6 is 0 Å². The molecule has 174 valence electrons. The van der Waals surface area contributed by atoms with Crippen LogP contribution < -0.4 is 0 Å². The van der Waals surface area contributed by atoms with E-state index < -0.39 is 5.82 Å². The zero-order valence-corrected chi connectivity index (χ0v) is 19.1. The molecule has 0 radical (unpaired) electrons. The fourth-order valence-electron chi connectivity index (χ4n) is 5.00. The van der Waals surface area contributed by atoms with Crippen molar-refractivity contribution in [2.75, 3.05) is 20.2 Å². The third kappa shape index (κ3) is 3.63. The first-order valence-electron chi connectivity index (χ1n) is 11.6. The summed E-state index contributed by atoms with van der Waals surface area (Å²) in [4.78, 5) is 6.68. The number of methoxy groups -OCH3 is 1. The number of halogens is 1. The summed E-state index contributed by atoms with van der Waals surface area (Å²) < 4.78 is 21.5. The maximum atomic E-state index is 14.5. The molecule has 7 nitrogen and oxygen atoms in total. The van der Waals surface area contributed by atoms with Gasteiger partial charge in [0, 0.05) is 55.7 Å². The van der Waals surface area contributed by atoms with E-state index in [4.69, 9.17) is 4.74 Å². The minimum absolute atomic E-state index is 0.0781. The Morgan fingerprint density at radius 3 is 2.56 bits per heavy atom. The van der Waals surface area contributed by atoms with Gasteiger partial charge in [0.15, 0.2) is 11.5 Å². The fraction of sp³-hybridized carbons (Fsp3) is 0.346. The first-order chi connectivity index (χ1) is 16.5. The largest absolute Gasteiger partial charge is 0.507 e. The lowest BCUT2D eigenvalue weighted by atomic mass is 9.83. The SMILES string of the molecule is COC1CC(N2CC(c3ccc(-c4ccc(-c5cc(F)c6nc(C)cn6c5)cc4O)nn3)C2)C1. The Morgan fingerprint density at radius 2 is 1.85 bits per heavy atom. The lowest BCUT2D eigenvalue weighted by molar-refractivity contribution is -0.0529. The van der Waals surface area contributed by atoms with Crippen LogP contribution in [0.2, 0.25) is 0 Å². The maximum Gasteiger partial charge on any atom is 0.173 e. The minimum atomic E-state index is -0.402. The molecule has 0 unspecified atom stereocenters. The summed E-state index contributed by atoms with van der Waals surface area (Å²) in [5.41, 5.74) is 4.59. The van der Waals surface area contributed by atoms with Gasteiger partial charge in [-0.2, -0.15) is 10.2 Å². The maximum absolute atomic E-state index is 14.5. The number of likely N-dealkylation sites (tertiary alicyclic amines) is 1. The number of hydrogen-bond acceptors (Lipinski definition) is 6. The molecule has 0 atom stereocenters. The third-order valence-electron chi connectivity index (χ3n) is 7.17. The highest BCUT2D eigenvalue weighted by atomic mass is 19.1. The molecule has 2 fully saturated rings. The van der Waals surface area contributed by atoms with E-state index in [1.54, 1.807) is 29.8 Å². The summed E-state index contributed by atoms with van der Waals surface area (Å²) in [6.07, 6.45) is 6.23. The molecule has 2 aliphatic rings. The van der Waals surface area contributed by atoms with Crippen LogP contribution in [0.25, 0.3) is 28.0 Å². The van der Waals surface area contributed by atoms with Gasteiger partial charge in [0.25, 0.3) is 0 Å². The number of pyridine rings is 1. The predicted molar refractivity (Wildman–Crippen MR) is 126 cm³/mol. The predicted octanol–water partition coefficient (Wildman–Crippen LogP) is 4.19. The number of phenols is 1. The number of aromatic nitrogens is 4. The number of hydrogen-bond donors (Lipinski definition) is 1. The van der Waals surface area contributed by atoms with Crippen LogP contribution in [0.3, 0.4) is 0 Å². The van der Waals surface area contributed by atoms with Crippen molar-refractivity contribution in [1.82, 2.24) is 24.5 Å². The second-order valence-corrected chi connectivity index (χ2v) is 9.40. The minimum Gasteiger partial charge on any atom is -0.507 e. The standard InChI is InChI=1S/C26H26FN5O2/c1-15-11-32-12-17(7-22(27)26(32)28-15)16-3-4-21(25(33)8-16)24-6-5-23(29-30-24)18-13-31(14-18)19-9-20(10-19)34-2/h3-8,11-12,18-20,33H,9-10,13-14H2,1-2H3. The van der Waals surface area contributed by atoms with Gasteiger partial charge in [-0.25, -0.2) is 9.37 Å². The first kappa shape index (κ1) is 21.2. The highest BCUT2D eigenvalue weighted by molar-refractivity contribution is 5.74. The molecule has 34 heavy (non-hydrogen) atoms. The molecule has 8 heteroatoms. The van der Waals surface area contributed by atoms with Crippen molar-refractivity contribution in [3.05, 3.63) is 66.0 Å². The van der Waals surface area contributed by atoms with Crippen molar-refractivity contribution in [3.8, 4) is 28.1 Å². The number of aromatic hydroxyl groups is 1. The van der Waals surface area contributed by atoms with Crippen molar-refractivity contribution in [2.45, 2.75) is 37.8 Å². The van der Waals surface area contributed by atoms with Gasteiger partial charge in [0.2, 0.25) is 0 Å². The van der Waals surface area contributed by atoms with Crippen molar-refractivity contribution >= 4 is 5.65 Å². The van der Waals surface area contributed by atoms with Crippen LogP contribution in [0.1, 0.15) is 30.1 Å². The van der Waals surface area contributed by atoms with Crippen molar-refractivity contribution in [2.24, 2.45) is 0 Å². The van der Waals surface area contributed by atoms with Gasteiger partial charge in [-0.05, 0) is 55.7 Å². The molecule has 1 aliphatic carbocycles. The van der Waals surface area contributed by atoms with E-state index in [9.17, 15) is 9.50 Å². The Labute approximate surface area is 196 Å². The summed E-state index contributed by atoms with van der Waals surface area (Å²) in [6, 6.07) is 11.3. The number of rotatable bonds is 5. The summed E-state index contributed by atoms with van der Waals surface area (Å²) in [5, 5.41) is 19.5. The fourth-order valence-corrected chi connectivity index (χ4v) is 5.00. The smallest absolute Gasteiger partial charge is 0.173 e. The Morgan fingerprint density at radius 1 is 1.03 bits per heavy atom. The number of fused-ring (bicyclic) bond motifs is 1.